The maximum Gasteiger partial charge on any atom is 0.0553 e. The van der Waals surface area contributed by atoms with Crippen LogP contribution >= 0.6 is 0 Å². The highest BCUT2D eigenvalue weighted by Gasteiger charge is 2.31. The van der Waals surface area contributed by atoms with Crippen LogP contribution in [0.1, 0.15) is 38.2 Å². The van der Waals surface area contributed by atoms with Gasteiger partial charge in [0.05, 0.1) is 6.10 Å². The van der Waals surface area contributed by atoms with Gasteiger partial charge in [-0.25, -0.2) is 0 Å². The Bertz CT molecular complexity index is 444. The number of benzene rings is 1. The third-order valence-corrected chi connectivity index (χ3v) is 5.42. The number of nitrogens with one attached hydrogen (secondary N) is 1. The summed E-state index contributed by atoms with van der Waals surface area (Å²) in [6.07, 6.45) is 5.10. The highest BCUT2D eigenvalue weighted by atomic mass is 16.3. The molecular weight excluding hydrogens is 272 g/mol. The van der Waals surface area contributed by atoms with Crippen LogP contribution in [0.15, 0.2) is 30.3 Å². The number of rotatable bonds is 6. The van der Waals surface area contributed by atoms with Crippen LogP contribution in [0.3, 0.4) is 0 Å². The van der Waals surface area contributed by atoms with Gasteiger partial charge in [0, 0.05) is 32.2 Å². The number of piperidine rings is 1. The van der Waals surface area contributed by atoms with Crippen molar-refractivity contribution in [2.75, 3.05) is 19.6 Å². The van der Waals surface area contributed by atoms with Gasteiger partial charge in [0.25, 0.3) is 0 Å². The van der Waals surface area contributed by atoms with Crippen molar-refractivity contribution in [3.8, 4) is 0 Å². The van der Waals surface area contributed by atoms with Gasteiger partial charge in [-0.2, -0.15) is 0 Å². The second-order valence-electron chi connectivity index (χ2n) is 7.32. The molecule has 2 N–H and O–H groups in total. The van der Waals surface area contributed by atoms with Crippen LogP contribution in [0.4, 0.5) is 0 Å². The Balaban J connectivity index is 1.54. The Labute approximate surface area is 134 Å². The molecule has 3 nitrogen and oxygen atoms in total. The largest absolute Gasteiger partial charge is 0.393 e. The molecule has 1 aliphatic carbocycles. The summed E-state index contributed by atoms with van der Waals surface area (Å²) >= 11 is 0. The molecule has 22 heavy (non-hydrogen) atoms. The molecular formula is C19H30N2O. The summed E-state index contributed by atoms with van der Waals surface area (Å²) in [6, 6.07) is 11.1. The molecule has 1 heterocycles. The van der Waals surface area contributed by atoms with Gasteiger partial charge in [-0.1, -0.05) is 36.8 Å². The predicted molar refractivity (Wildman–Crippen MR) is 90.6 cm³/mol. The molecule has 2 aliphatic rings. The van der Waals surface area contributed by atoms with Crippen molar-refractivity contribution < 1.29 is 5.11 Å². The average Bonchev–Trinajstić information content (AvgIpc) is 2.50. The molecule has 0 aromatic heterocycles. The molecule has 3 heteroatoms. The fraction of sp³-hybridized carbons (Fsp3) is 0.684. The van der Waals surface area contributed by atoms with E-state index in [2.05, 4.69) is 40.5 Å². The van der Waals surface area contributed by atoms with Gasteiger partial charge >= 0.3 is 0 Å². The topological polar surface area (TPSA) is 35.5 Å². The predicted octanol–water partition coefficient (Wildman–Crippen LogP) is 2.65. The average molecular weight is 302 g/mol. The molecule has 1 saturated heterocycles. The zero-order valence-corrected chi connectivity index (χ0v) is 13.7. The molecule has 0 spiro atoms. The third kappa shape index (κ3) is 4.31. The lowest BCUT2D eigenvalue weighted by Crippen LogP contribution is -2.52. The quantitative estimate of drug-likeness (QED) is 0.848. The first-order valence-electron chi connectivity index (χ1n) is 8.88. The SMILES string of the molecule is CC(O)C1CC(NCc2ccccc2)CN(CC2CCC2)C1. The molecule has 1 saturated carbocycles. The van der Waals surface area contributed by atoms with Gasteiger partial charge in [-0.3, -0.25) is 0 Å². The zero-order valence-electron chi connectivity index (χ0n) is 13.7. The third-order valence-electron chi connectivity index (χ3n) is 5.42. The van der Waals surface area contributed by atoms with E-state index in [-0.39, 0.29) is 6.10 Å². The second kappa shape index (κ2) is 7.58. The van der Waals surface area contributed by atoms with Crippen molar-refractivity contribution in [3.63, 3.8) is 0 Å². The van der Waals surface area contributed by atoms with Crippen LogP contribution in [-0.2, 0) is 6.54 Å². The fourth-order valence-electron chi connectivity index (χ4n) is 3.78. The van der Waals surface area contributed by atoms with Crippen LogP contribution in [0.5, 0.6) is 0 Å². The molecule has 122 valence electrons. The maximum absolute atomic E-state index is 10.0. The summed E-state index contributed by atoms with van der Waals surface area (Å²) in [5, 5.41) is 13.8. The molecule has 0 radical (unpaired) electrons. The van der Waals surface area contributed by atoms with Crippen LogP contribution in [0.25, 0.3) is 0 Å². The van der Waals surface area contributed by atoms with E-state index in [0.717, 1.165) is 32.0 Å². The first-order chi connectivity index (χ1) is 10.7. The molecule has 3 rings (SSSR count). The lowest BCUT2D eigenvalue weighted by atomic mass is 9.83. The van der Waals surface area contributed by atoms with Crippen molar-refractivity contribution in [3.05, 3.63) is 35.9 Å². The van der Waals surface area contributed by atoms with E-state index in [1.54, 1.807) is 0 Å². The summed E-state index contributed by atoms with van der Waals surface area (Å²) in [6.45, 7) is 6.30. The molecule has 1 aromatic rings. The van der Waals surface area contributed by atoms with Crippen LogP contribution < -0.4 is 5.32 Å². The lowest BCUT2D eigenvalue weighted by Gasteiger charge is -2.42. The van der Waals surface area contributed by atoms with Gasteiger partial charge < -0.3 is 15.3 Å². The van der Waals surface area contributed by atoms with Crippen molar-refractivity contribution in [2.24, 2.45) is 11.8 Å². The second-order valence-corrected chi connectivity index (χ2v) is 7.32. The van der Waals surface area contributed by atoms with E-state index < -0.39 is 0 Å². The molecule has 1 aromatic carbocycles. The highest BCUT2D eigenvalue weighted by Crippen LogP contribution is 2.29. The first-order valence-corrected chi connectivity index (χ1v) is 8.88. The number of hydrogen-bond acceptors (Lipinski definition) is 3. The van der Waals surface area contributed by atoms with Gasteiger partial charge in [0.1, 0.15) is 0 Å². The van der Waals surface area contributed by atoms with E-state index in [0.29, 0.717) is 12.0 Å². The minimum Gasteiger partial charge on any atom is -0.393 e. The van der Waals surface area contributed by atoms with E-state index in [1.807, 2.05) is 6.92 Å². The van der Waals surface area contributed by atoms with Gasteiger partial charge in [0.15, 0.2) is 0 Å². The number of nitrogens with zero attached hydrogens (tertiary/aromatic N) is 1. The minimum atomic E-state index is -0.204. The Hall–Kier alpha value is -0.900. The molecule has 1 aliphatic heterocycles. The Morgan fingerprint density at radius 2 is 2.00 bits per heavy atom. The molecule has 3 unspecified atom stereocenters. The summed E-state index contributed by atoms with van der Waals surface area (Å²) in [7, 11) is 0. The minimum absolute atomic E-state index is 0.204. The standard InChI is InChI=1S/C19H30N2O/c1-15(22)18-10-19(20-11-16-6-3-2-4-7-16)14-21(13-18)12-17-8-5-9-17/h2-4,6-7,15,17-20,22H,5,8-14H2,1H3. The monoisotopic (exact) mass is 302 g/mol. The zero-order chi connectivity index (χ0) is 15.4. The molecule has 0 amide bonds. The van der Waals surface area contributed by atoms with Crippen LogP contribution in [-0.4, -0.2) is 41.8 Å². The van der Waals surface area contributed by atoms with Crippen molar-refractivity contribution in [1.82, 2.24) is 10.2 Å². The lowest BCUT2D eigenvalue weighted by molar-refractivity contribution is 0.0349. The van der Waals surface area contributed by atoms with E-state index in [1.165, 1.54) is 31.4 Å². The number of aliphatic hydroxyl groups is 1. The van der Waals surface area contributed by atoms with Crippen molar-refractivity contribution >= 4 is 0 Å². The Morgan fingerprint density at radius 1 is 1.23 bits per heavy atom. The van der Waals surface area contributed by atoms with Gasteiger partial charge in [-0.15, -0.1) is 0 Å². The number of hydrogen-bond donors (Lipinski definition) is 2. The fourth-order valence-corrected chi connectivity index (χ4v) is 3.78. The smallest absolute Gasteiger partial charge is 0.0553 e. The maximum atomic E-state index is 10.0. The van der Waals surface area contributed by atoms with E-state index >= 15 is 0 Å². The summed E-state index contributed by atoms with van der Waals surface area (Å²) < 4.78 is 0. The van der Waals surface area contributed by atoms with Crippen LogP contribution in [0, 0.1) is 11.8 Å². The molecule has 2 fully saturated rings. The summed E-state index contributed by atoms with van der Waals surface area (Å²) in [5.41, 5.74) is 1.34. The van der Waals surface area contributed by atoms with Crippen molar-refractivity contribution in [2.45, 2.75) is 51.3 Å². The van der Waals surface area contributed by atoms with E-state index in [4.69, 9.17) is 0 Å². The Morgan fingerprint density at radius 3 is 2.64 bits per heavy atom. The first kappa shape index (κ1) is 16.0. The highest BCUT2D eigenvalue weighted by molar-refractivity contribution is 5.14. The molecule has 0 bridgehead atoms. The normalized spacial score (nSPS) is 28.3. The van der Waals surface area contributed by atoms with Crippen LogP contribution in [0.2, 0.25) is 0 Å². The molecule has 3 atom stereocenters. The summed E-state index contributed by atoms with van der Waals surface area (Å²) in [4.78, 5) is 2.59. The van der Waals surface area contributed by atoms with Gasteiger partial charge in [-0.05, 0) is 43.6 Å². The van der Waals surface area contributed by atoms with E-state index in [9.17, 15) is 5.11 Å². The van der Waals surface area contributed by atoms with Crippen molar-refractivity contribution in [1.29, 1.82) is 0 Å². The van der Waals surface area contributed by atoms with Gasteiger partial charge in [0.2, 0.25) is 0 Å². The number of likely N-dealkylation sites (tertiary alicyclic amines) is 1. The Kier molecular flexibility index (Phi) is 5.51. The summed E-state index contributed by atoms with van der Waals surface area (Å²) in [5.74, 6) is 1.31. The number of aliphatic hydroxyl groups excluding tert-OH is 1.